The molecule has 2 rings (SSSR count). The van der Waals surface area contributed by atoms with Gasteiger partial charge in [-0.3, -0.25) is 4.79 Å². The van der Waals surface area contributed by atoms with Crippen LogP contribution in [0.2, 0.25) is 0 Å². The van der Waals surface area contributed by atoms with Crippen LogP contribution in [0.1, 0.15) is 169 Å². The highest BCUT2D eigenvalue weighted by Gasteiger charge is 2.81. The fourth-order valence-corrected chi connectivity index (χ4v) is 7.61. The van der Waals surface area contributed by atoms with Gasteiger partial charge in [0.15, 0.2) is 0 Å². The number of unbranched alkanes of at least 4 members (excludes halogenated alkanes) is 16. The second-order valence-electron chi connectivity index (χ2n) is 14.8. The van der Waals surface area contributed by atoms with Gasteiger partial charge in [0.25, 0.3) is 8.53 Å². The van der Waals surface area contributed by atoms with Gasteiger partial charge in [-0.2, -0.15) is 5.26 Å². The van der Waals surface area contributed by atoms with Crippen molar-refractivity contribution in [2.24, 2.45) is 16.9 Å². The molecular formula is C40H80N5O6P. The van der Waals surface area contributed by atoms with Crippen LogP contribution in [0.3, 0.4) is 0 Å². The zero-order valence-electron chi connectivity index (χ0n) is 34.3. The number of nitriles is 1. The number of aldehydes is 1. The summed E-state index contributed by atoms with van der Waals surface area (Å²) in [6.45, 7) is 15.8. The fourth-order valence-electron chi connectivity index (χ4n) is 5.98. The lowest BCUT2D eigenvalue weighted by molar-refractivity contribution is -0.141. The molecule has 0 heterocycles. The maximum Gasteiger partial charge on any atom is 0.302 e. The monoisotopic (exact) mass is 758 g/mol. The topological polar surface area (TPSA) is 170 Å². The van der Waals surface area contributed by atoms with E-state index in [-0.39, 0.29) is 16.9 Å². The van der Waals surface area contributed by atoms with Crippen LogP contribution in [0.15, 0.2) is 0 Å². The van der Waals surface area contributed by atoms with E-state index in [0.717, 1.165) is 51.7 Å². The highest BCUT2D eigenvalue weighted by atomic mass is 31.2. The highest BCUT2D eigenvalue weighted by Crippen LogP contribution is 2.75. The minimum atomic E-state index is -1.07. The number of fused-ring (bicyclic) bond motifs is 1. The van der Waals surface area contributed by atoms with E-state index < -0.39 is 8.53 Å². The van der Waals surface area contributed by atoms with Gasteiger partial charge in [0.2, 0.25) is 0 Å². The standard InChI is InChI=1S/C18H37NO2.C16H34N3O2P.C5H7NO.CH2O/c1-18(20)21-17-15-13-11-9-7-5-3-2-4-6-8-10-12-14-16-19;1-15(2)19(16(3)4)22(21-14-10-11-17)20-13-9-7-6-8-12-18-5;6-5-1-4(5,2-5)3-7;1-2/h2-17,19H2,1H3;15-16,18H,6-10,12-14H2,1-5H3;3H,1-2,6H2;1H2. The van der Waals surface area contributed by atoms with Crippen LogP contribution in [0.5, 0.6) is 0 Å². The van der Waals surface area contributed by atoms with Crippen LogP contribution in [0, 0.1) is 16.7 Å². The molecule has 52 heavy (non-hydrogen) atoms. The number of hydrogen-bond acceptors (Lipinski definition) is 11. The largest absolute Gasteiger partial charge is 0.466 e. The molecule has 1 atom stereocenters. The minimum Gasteiger partial charge on any atom is -0.466 e. The molecule has 11 nitrogen and oxygen atoms in total. The number of esters is 1. The lowest BCUT2D eigenvalue weighted by Crippen LogP contribution is -2.33. The Morgan fingerprint density at radius 2 is 1.21 bits per heavy atom. The van der Waals surface area contributed by atoms with Crippen LogP contribution < -0.4 is 16.8 Å². The van der Waals surface area contributed by atoms with Crippen molar-refractivity contribution in [1.29, 1.82) is 5.26 Å². The van der Waals surface area contributed by atoms with E-state index in [1.165, 1.54) is 110 Å². The SMILES string of the molecule is C=O.CC(=O)OCCCCCCCCCCCCCCCCN.CNCCCCCCOP(OCCC#N)N(C(C)C)C(C)C.NC12CC1(C=O)C2. The summed E-state index contributed by atoms with van der Waals surface area (Å²) >= 11 is 0. The molecule has 2 fully saturated rings. The van der Waals surface area contributed by atoms with Crippen molar-refractivity contribution in [3.05, 3.63) is 0 Å². The molecular weight excluding hydrogens is 677 g/mol. The Hall–Kier alpha value is -1.51. The molecule has 0 amide bonds. The number of nitrogens with one attached hydrogen (secondary N) is 1. The predicted octanol–water partition coefficient (Wildman–Crippen LogP) is 8.52. The van der Waals surface area contributed by atoms with E-state index in [1.54, 1.807) is 0 Å². The number of rotatable bonds is 31. The molecule has 1 unspecified atom stereocenters. The van der Waals surface area contributed by atoms with Gasteiger partial charge in [0.1, 0.15) is 13.1 Å². The molecule has 2 saturated carbocycles. The third-order valence-electron chi connectivity index (χ3n) is 9.32. The van der Waals surface area contributed by atoms with Crippen molar-refractivity contribution in [2.45, 2.75) is 187 Å². The predicted molar refractivity (Wildman–Crippen MR) is 216 cm³/mol. The van der Waals surface area contributed by atoms with Crippen molar-refractivity contribution in [3.63, 3.8) is 0 Å². The first-order chi connectivity index (χ1) is 25.0. The van der Waals surface area contributed by atoms with Gasteiger partial charge in [0.05, 0.1) is 32.3 Å². The van der Waals surface area contributed by atoms with Gasteiger partial charge in [-0.1, -0.05) is 89.9 Å². The van der Waals surface area contributed by atoms with Crippen molar-refractivity contribution in [1.82, 2.24) is 9.99 Å². The zero-order valence-corrected chi connectivity index (χ0v) is 35.2. The van der Waals surface area contributed by atoms with Gasteiger partial charge >= 0.3 is 5.97 Å². The molecule has 0 spiro atoms. The average Bonchev–Trinajstić information content (AvgIpc) is 3.92. The zero-order chi connectivity index (χ0) is 39.5. The molecule has 0 bridgehead atoms. The van der Waals surface area contributed by atoms with Crippen molar-refractivity contribution < 1.29 is 28.2 Å². The maximum absolute atomic E-state index is 10.6. The smallest absolute Gasteiger partial charge is 0.302 e. The Bertz CT molecular complexity index is 877. The third kappa shape index (κ3) is 28.0. The van der Waals surface area contributed by atoms with E-state index >= 15 is 0 Å². The molecule has 0 aromatic carbocycles. The van der Waals surface area contributed by atoms with E-state index in [9.17, 15) is 9.59 Å². The molecule has 0 aliphatic heterocycles. The van der Waals surface area contributed by atoms with Gasteiger partial charge < -0.3 is 40.2 Å². The van der Waals surface area contributed by atoms with Crippen molar-refractivity contribution in [2.75, 3.05) is 40.0 Å². The molecule has 0 saturated heterocycles. The first-order valence-corrected chi connectivity index (χ1v) is 21.4. The molecule has 12 heteroatoms. The number of carbonyl (C=O) groups excluding carboxylic acids is 3. The summed E-state index contributed by atoms with van der Waals surface area (Å²) in [5.74, 6) is -0.158. The third-order valence-corrected chi connectivity index (χ3v) is 11.4. The first-order valence-electron chi connectivity index (χ1n) is 20.3. The minimum absolute atomic E-state index is 0.00521. The van der Waals surface area contributed by atoms with Crippen LogP contribution in [-0.2, 0) is 28.2 Å². The van der Waals surface area contributed by atoms with Crippen LogP contribution in [-0.4, -0.2) is 81.3 Å². The number of hydrogen-bond donors (Lipinski definition) is 3. The quantitative estimate of drug-likeness (QED) is 0.0268. The number of nitrogens with zero attached hydrogens (tertiary/aromatic N) is 2. The fraction of sp³-hybridized carbons (Fsp3) is 0.900. The Morgan fingerprint density at radius 1 is 0.808 bits per heavy atom. The van der Waals surface area contributed by atoms with Crippen LogP contribution >= 0.6 is 8.53 Å². The van der Waals surface area contributed by atoms with E-state index in [4.69, 9.17) is 35.3 Å². The van der Waals surface area contributed by atoms with E-state index in [1.807, 2.05) is 13.8 Å². The highest BCUT2D eigenvalue weighted by molar-refractivity contribution is 7.44. The lowest BCUT2D eigenvalue weighted by atomic mass is 10.0. The summed E-state index contributed by atoms with van der Waals surface area (Å²) in [7, 11) is 0.915. The number of ether oxygens (including phenoxy) is 1. The summed E-state index contributed by atoms with van der Waals surface area (Å²) in [6, 6.07) is 2.85. The second-order valence-corrected chi connectivity index (χ2v) is 16.2. The van der Waals surface area contributed by atoms with E-state index in [0.29, 0.717) is 31.7 Å². The van der Waals surface area contributed by atoms with Crippen LogP contribution in [0.25, 0.3) is 0 Å². The Kier molecular flexibility index (Phi) is 35.6. The number of nitrogens with two attached hydrogens (primary N) is 2. The lowest BCUT2D eigenvalue weighted by Gasteiger charge is -2.35. The van der Waals surface area contributed by atoms with E-state index in [2.05, 4.69) is 43.8 Å². The summed E-state index contributed by atoms with van der Waals surface area (Å²) in [4.78, 5) is 28.6. The average molecular weight is 758 g/mol. The van der Waals surface area contributed by atoms with Gasteiger partial charge in [-0.25, -0.2) is 4.67 Å². The molecule has 5 N–H and O–H groups in total. The Balaban J connectivity index is 0. The first kappa shape index (κ1) is 52.6. The van der Waals surface area contributed by atoms with Gasteiger partial charge in [-0.05, 0) is 86.4 Å². The van der Waals surface area contributed by atoms with Crippen molar-refractivity contribution >= 4 is 27.6 Å². The molecule has 2 aliphatic rings. The molecule has 0 aromatic rings. The summed E-state index contributed by atoms with van der Waals surface area (Å²) in [5.41, 5.74) is 11.0. The maximum atomic E-state index is 10.6. The molecule has 0 radical (unpaired) electrons. The van der Waals surface area contributed by atoms with Gasteiger partial charge in [-0.15, -0.1) is 0 Å². The van der Waals surface area contributed by atoms with Gasteiger partial charge in [0, 0.05) is 30.0 Å². The summed E-state index contributed by atoms with van der Waals surface area (Å²) in [6.07, 6.45) is 26.5. The second kappa shape index (κ2) is 35.2. The molecule has 306 valence electrons. The normalized spacial score (nSPS) is 18.5. The Labute approximate surface area is 320 Å². The molecule has 2 aliphatic carbocycles. The molecule has 0 aromatic heterocycles. The number of carbonyl (C=O) groups is 3. The summed E-state index contributed by atoms with van der Waals surface area (Å²) in [5, 5.41) is 11.8. The Morgan fingerprint density at radius 3 is 1.56 bits per heavy atom. The van der Waals surface area contributed by atoms with Crippen LogP contribution in [0.4, 0.5) is 0 Å². The van der Waals surface area contributed by atoms with Crippen molar-refractivity contribution in [3.8, 4) is 6.07 Å². The summed E-state index contributed by atoms with van der Waals surface area (Å²) < 4.78 is 19.1.